The Kier molecular flexibility index (Phi) is 5.58. The van der Waals surface area contributed by atoms with Crippen LogP contribution in [0.5, 0.6) is 0 Å². The van der Waals surface area contributed by atoms with Crippen LogP contribution < -0.4 is 5.43 Å². The van der Waals surface area contributed by atoms with Crippen molar-refractivity contribution in [1.82, 2.24) is 10.4 Å². The Morgan fingerprint density at radius 3 is 2.38 bits per heavy atom. The van der Waals surface area contributed by atoms with Gasteiger partial charge in [-0.15, -0.1) is 0 Å². The molecule has 2 rings (SSSR count). The number of rotatable bonds is 6. The Bertz CT molecular complexity index is 584. The molecule has 24 heavy (non-hydrogen) atoms. The fourth-order valence-electron chi connectivity index (χ4n) is 3.37. The summed E-state index contributed by atoms with van der Waals surface area (Å²) in [5, 5.41) is 1.10. The molecular weight excluding hydrogens is 317 g/mol. The predicted molar refractivity (Wildman–Crippen MR) is 87.3 cm³/mol. The minimum Gasteiger partial charge on any atom is -0.288 e. The number of carbonyl (C=O) groups excluding carboxylic acids is 1. The molecule has 1 fully saturated rings. The Hall–Kier alpha value is -1.56. The van der Waals surface area contributed by atoms with Crippen molar-refractivity contribution < 1.29 is 18.0 Å². The molecule has 1 aromatic carbocycles. The molecule has 1 aromatic rings. The minimum absolute atomic E-state index is 0.0364. The van der Waals surface area contributed by atoms with E-state index in [4.69, 9.17) is 0 Å². The van der Waals surface area contributed by atoms with Crippen LogP contribution in [0.3, 0.4) is 0 Å². The molecular formula is C18H25F3N2O. The average molecular weight is 342 g/mol. The van der Waals surface area contributed by atoms with Gasteiger partial charge in [-0.25, -0.2) is 5.01 Å². The van der Waals surface area contributed by atoms with Gasteiger partial charge in [0, 0.05) is 12.0 Å². The van der Waals surface area contributed by atoms with E-state index >= 15 is 0 Å². The maximum atomic E-state index is 13.5. The molecule has 1 saturated heterocycles. The number of hydrogen-bond donors (Lipinski definition) is 1. The first-order chi connectivity index (χ1) is 11.1. The highest BCUT2D eigenvalue weighted by Gasteiger charge is 2.51. The molecule has 0 saturated carbocycles. The van der Waals surface area contributed by atoms with Gasteiger partial charge in [-0.1, -0.05) is 31.2 Å². The quantitative estimate of drug-likeness (QED) is 0.847. The first-order valence-corrected chi connectivity index (χ1v) is 8.37. The van der Waals surface area contributed by atoms with Gasteiger partial charge in [0.25, 0.3) is 0 Å². The lowest BCUT2D eigenvalue weighted by Gasteiger charge is -2.37. The van der Waals surface area contributed by atoms with Gasteiger partial charge in [-0.2, -0.15) is 13.2 Å². The summed E-state index contributed by atoms with van der Waals surface area (Å²) in [6.45, 7) is 5.37. The van der Waals surface area contributed by atoms with Gasteiger partial charge in [0.15, 0.2) is 0 Å². The van der Waals surface area contributed by atoms with Crippen LogP contribution in [-0.2, 0) is 17.6 Å². The second-order valence-electron chi connectivity index (χ2n) is 6.97. The Morgan fingerprint density at radius 1 is 1.25 bits per heavy atom. The highest BCUT2D eigenvalue weighted by atomic mass is 19.4. The van der Waals surface area contributed by atoms with Crippen LogP contribution in [0.25, 0.3) is 0 Å². The zero-order chi connectivity index (χ0) is 18.0. The number of nitrogens with zero attached hydrogens (tertiary/aromatic N) is 1. The number of carbonyl (C=O) groups is 1. The molecule has 0 aromatic heterocycles. The number of halogens is 3. The van der Waals surface area contributed by atoms with Crippen LogP contribution in [-0.4, -0.2) is 28.7 Å². The number of aryl methyl sites for hydroxylation is 2. The number of hydrogen-bond acceptors (Lipinski definition) is 2. The number of nitrogens with one attached hydrogen (secondary N) is 1. The summed E-state index contributed by atoms with van der Waals surface area (Å²) in [6.07, 6.45) is -2.43. The van der Waals surface area contributed by atoms with E-state index in [1.807, 2.05) is 31.2 Å². The molecule has 3 nitrogen and oxygen atoms in total. The second-order valence-corrected chi connectivity index (χ2v) is 6.97. The second kappa shape index (κ2) is 7.13. The van der Waals surface area contributed by atoms with Gasteiger partial charge in [0.2, 0.25) is 5.91 Å². The molecule has 6 heteroatoms. The van der Waals surface area contributed by atoms with E-state index in [-0.39, 0.29) is 18.7 Å². The van der Waals surface area contributed by atoms with Crippen molar-refractivity contribution in [1.29, 1.82) is 0 Å². The SMILES string of the molecule is CCc1ccccc1CCC[C@H](N1NC(=O)CC1(C)C)C(F)(F)F. The van der Waals surface area contributed by atoms with Gasteiger partial charge in [-0.3, -0.25) is 10.2 Å². The molecule has 0 aliphatic carbocycles. The third kappa shape index (κ3) is 4.29. The van der Waals surface area contributed by atoms with Crippen LogP contribution in [0.4, 0.5) is 13.2 Å². The van der Waals surface area contributed by atoms with Crippen molar-refractivity contribution in [3.8, 4) is 0 Å². The molecule has 1 N–H and O–H groups in total. The summed E-state index contributed by atoms with van der Waals surface area (Å²) in [4.78, 5) is 11.6. The van der Waals surface area contributed by atoms with E-state index < -0.39 is 17.8 Å². The van der Waals surface area contributed by atoms with E-state index in [2.05, 4.69) is 5.43 Å². The van der Waals surface area contributed by atoms with Crippen molar-refractivity contribution >= 4 is 5.91 Å². The normalized spacial score (nSPS) is 19.3. The van der Waals surface area contributed by atoms with Crippen molar-refractivity contribution in [3.05, 3.63) is 35.4 Å². The molecule has 1 amide bonds. The van der Waals surface area contributed by atoms with E-state index in [0.717, 1.165) is 17.0 Å². The van der Waals surface area contributed by atoms with Crippen molar-refractivity contribution in [2.24, 2.45) is 0 Å². The lowest BCUT2D eigenvalue weighted by atomic mass is 9.96. The molecule has 0 unspecified atom stereocenters. The first kappa shape index (κ1) is 18.8. The fourth-order valence-corrected chi connectivity index (χ4v) is 3.37. The first-order valence-electron chi connectivity index (χ1n) is 8.37. The molecule has 0 spiro atoms. The Morgan fingerprint density at radius 2 is 1.88 bits per heavy atom. The largest absolute Gasteiger partial charge is 0.405 e. The maximum absolute atomic E-state index is 13.5. The summed E-state index contributed by atoms with van der Waals surface area (Å²) in [5.41, 5.74) is 3.84. The average Bonchev–Trinajstić information content (AvgIpc) is 2.75. The number of amides is 1. The van der Waals surface area contributed by atoms with E-state index in [1.54, 1.807) is 13.8 Å². The smallest absolute Gasteiger partial charge is 0.288 e. The molecule has 1 aliphatic heterocycles. The summed E-state index contributed by atoms with van der Waals surface area (Å²) in [5.74, 6) is -0.356. The third-order valence-corrected chi connectivity index (χ3v) is 4.60. The van der Waals surface area contributed by atoms with Crippen LogP contribution in [0.1, 0.15) is 51.2 Å². The highest BCUT2D eigenvalue weighted by Crippen LogP contribution is 2.35. The fraction of sp³-hybridized carbons (Fsp3) is 0.611. The number of hydrazine groups is 1. The van der Waals surface area contributed by atoms with Gasteiger partial charge >= 0.3 is 6.18 Å². The zero-order valence-electron chi connectivity index (χ0n) is 14.4. The topological polar surface area (TPSA) is 32.3 Å². The van der Waals surface area contributed by atoms with E-state index in [0.29, 0.717) is 12.8 Å². The van der Waals surface area contributed by atoms with Gasteiger partial charge in [0.1, 0.15) is 6.04 Å². The predicted octanol–water partition coefficient (Wildman–Crippen LogP) is 4.02. The minimum atomic E-state index is -4.38. The zero-order valence-corrected chi connectivity index (χ0v) is 14.4. The van der Waals surface area contributed by atoms with Gasteiger partial charge in [0.05, 0.1) is 0 Å². The number of benzene rings is 1. The van der Waals surface area contributed by atoms with E-state index in [1.165, 1.54) is 5.56 Å². The molecule has 1 aliphatic rings. The van der Waals surface area contributed by atoms with Crippen LogP contribution in [0, 0.1) is 0 Å². The molecule has 0 radical (unpaired) electrons. The summed E-state index contributed by atoms with van der Waals surface area (Å²) in [7, 11) is 0. The monoisotopic (exact) mass is 342 g/mol. The van der Waals surface area contributed by atoms with Crippen LogP contribution in [0.15, 0.2) is 24.3 Å². The van der Waals surface area contributed by atoms with E-state index in [9.17, 15) is 18.0 Å². The highest BCUT2D eigenvalue weighted by molar-refractivity contribution is 5.78. The standard InChI is InChI=1S/C18H25F3N2O/c1-4-13-8-5-6-9-14(13)10-7-11-15(18(19,20)21)23-17(2,3)12-16(24)22-23/h5-6,8-9,15H,4,7,10-12H2,1-3H3,(H,22,24)/t15-/m0/s1. The van der Waals surface area contributed by atoms with Crippen LogP contribution in [0.2, 0.25) is 0 Å². The lowest BCUT2D eigenvalue weighted by molar-refractivity contribution is -0.202. The van der Waals surface area contributed by atoms with Crippen molar-refractivity contribution in [2.75, 3.05) is 0 Å². The van der Waals surface area contributed by atoms with Gasteiger partial charge in [-0.05, 0) is 50.7 Å². The lowest BCUT2D eigenvalue weighted by Crippen LogP contribution is -2.56. The van der Waals surface area contributed by atoms with Gasteiger partial charge < -0.3 is 0 Å². The Labute approximate surface area is 141 Å². The molecule has 1 heterocycles. The van der Waals surface area contributed by atoms with Crippen molar-refractivity contribution in [3.63, 3.8) is 0 Å². The van der Waals surface area contributed by atoms with Crippen LogP contribution >= 0.6 is 0 Å². The van der Waals surface area contributed by atoms with Crippen molar-refractivity contribution in [2.45, 2.75) is 70.6 Å². The molecule has 1 atom stereocenters. The Balaban J connectivity index is 2.07. The summed E-state index contributed by atoms with van der Waals surface area (Å²) >= 11 is 0. The number of alkyl halides is 3. The molecule has 134 valence electrons. The summed E-state index contributed by atoms with van der Waals surface area (Å²) in [6, 6.07) is 6.19. The molecule has 0 bridgehead atoms. The summed E-state index contributed by atoms with van der Waals surface area (Å²) < 4.78 is 40.6. The third-order valence-electron chi connectivity index (χ3n) is 4.60. The maximum Gasteiger partial charge on any atom is 0.405 e.